The van der Waals surface area contributed by atoms with Crippen LogP contribution in [-0.4, -0.2) is 39.0 Å². The molecule has 1 atom stereocenters. The van der Waals surface area contributed by atoms with E-state index in [1.54, 1.807) is 12.1 Å². The van der Waals surface area contributed by atoms with Crippen LogP contribution in [0.1, 0.15) is 19.8 Å². The number of hydrogen-bond donors (Lipinski definition) is 1. The van der Waals surface area contributed by atoms with Gasteiger partial charge in [-0.15, -0.1) is 0 Å². The van der Waals surface area contributed by atoms with Gasteiger partial charge in [0.15, 0.2) is 0 Å². The number of likely N-dealkylation sites (N-methyl/N-ethyl adjacent to an activating group) is 1. The number of nitrogens with one attached hydrogen (secondary N) is 1. The van der Waals surface area contributed by atoms with E-state index in [2.05, 4.69) is 48.4 Å². The Morgan fingerprint density at radius 1 is 1.40 bits per heavy atom. The number of halogens is 2. The van der Waals surface area contributed by atoms with E-state index < -0.39 is 10.0 Å². The number of rotatable bonds is 4. The van der Waals surface area contributed by atoms with Crippen molar-refractivity contribution in [2.24, 2.45) is 0 Å². The minimum atomic E-state index is -3.50. The largest absolute Gasteiger partial charge is 0.302 e. The Hall–Kier alpha value is 0.0500. The van der Waals surface area contributed by atoms with E-state index in [0.717, 1.165) is 36.9 Å². The van der Waals surface area contributed by atoms with E-state index in [0.29, 0.717) is 4.47 Å². The van der Waals surface area contributed by atoms with Gasteiger partial charge in [0.1, 0.15) is 0 Å². The van der Waals surface area contributed by atoms with Crippen LogP contribution in [0, 0.1) is 0 Å². The average molecular weight is 426 g/mol. The molecule has 1 aromatic carbocycles. The van der Waals surface area contributed by atoms with Crippen molar-refractivity contribution < 1.29 is 8.42 Å². The summed E-state index contributed by atoms with van der Waals surface area (Å²) in [6.45, 7) is 4.89. The second-order valence-electron chi connectivity index (χ2n) is 4.93. The zero-order chi connectivity index (χ0) is 14.8. The molecule has 0 saturated carbocycles. The third kappa shape index (κ3) is 4.04. The van der Waals surface area contributed by atoms with Gasteiger partial charge < -0.3 is 4.90 Å². The van der Waals surface area contributed by atoms with E-state index in [-0.39, 0.29) is 10.9 Å². The molecule has 1 heterocycles. The fourth-order valence-electron chi connectivity index (χ4n) is 2.40. The van der Waals surface area contributed by atoms with Crippen LogP contribution in [0.25, 0.3) is 0 Å². The molecule has 20 heavy (non-hydrogen) atoms. The van der Waals surface area contributed by atoms with E-state index in [1.807, 2.05) is 6.07 Å². The molecular weight excluding hydrogens is 408 g/mol. The van der Waals surface area contributed by atoms with Crippen molar-refractivity contribution in [3.63, 3.8) is 0 Å². The van der Waals surface area contributed by atoms with Crippen LogP contribution in [0.2, 0.25) is 0 Å². The zero-order valence-electron chi connectivity index (χ0n) is 11.3. The highest BCUT2D eigenvalue weighted by Crippen LogP contribution is 2.26. The van der Waals surface area contributed by atoms with E-state index in [9.17, 15) is 8.42 Å². The third-order valence-electron chi connectivity index (χ3n) is 3.46. The average Bonchev–Trinajstić information content (AvgIpc) is 2.41. The van der Waals surface area contributed by atoms with Crippen molar-refractivity contribution in [2.45, 2.75) is 30.7 Å². The van der Waals surface area contributed by atoms with E-state index >= 15 is 0 Å². The topological polar surface area (TPSA) is 49.4 Å². The Bertz CT molecular complexity index is 578. The van der Waals surface area contributed by atoms with Gasteiger partial charge in [-0.3, -0.25) is 0 Å². The monoisotopic (exact) mass is 424 g/mol. The normalized spacial score (nSPS) is 21.1. The SMILES string of the molecule is CCN1CCCC(NS(=O)(=O)c2cc(Br)ccc2Br)C1. The minimum Gasteiger partial charge on any atom is -0.302 e. The Morgan fingerprint density at radius 2 is 2.15 bits per heavy atom. The first-order valence-corrected chi connectivity index (χ1v) is 9.69. The molecule has 0 amide bonds. The molecule has 1 N–H and O–H groups in total. The van der Waals surface area contributed by atoms with Crippen molar-refractivity contribution >= 4 is 41.9 Å². The van der Waals surface area contributed by atoms with Gasteiger partial charge in [0, 0.05) is 21.5 Å². The summed E-state index contributed by atoms with van der Waals surface area (Å²) in [5, 5.41) is 0. The fourth-order valence-corrected chi connectivity index (χ4v) is 5.17. The molecule has 0 aliphatic carbocycles. The molecule has 7 heteroatoms. The molecule has 2 rings (SSSR count). The van der Waals surface area contributed by atoms with Crippen LogP contribution in [0.15, 0.2) is 32.0 Å². The van der Waals surface area contributed by atoms with Crippen molar-refractivity contribution in [3.05, 3.63) is 27.1 Å². The van der Waals surface area contributed by atoms with Gasteiger partial charge in [0.05, 0.1) is 4.90 Å². The van der Waals surface area contributed by atoms with Gasteiger partial charge >= 0.3 is 0 Å². The Morgan fingerprint density at radius 3 is 2.85 bits per heavy atom. The lowest BCUT2D eigenvalue weighted by atomic mass is 10.1. The summed E-state index contributed by atoms with van der Waals surface area (Å²) < 4.78 is 29.1. The third-order valence-corrected chi connectivity index (χ3v) is 6.46. The molecule has 4 nitrogen and oxygen atoms in total. The first-order valence-electron chi connectivity index (χ1n) is 6.62. The lowest BCUT2D eigenvalue weighted by molar-refractivity contribution is 0.211. The molecule has 1 fully saturated rings. The summed E-state index contributed by atoms with van der Waals surface area (Å²) in [7, 11) is -3.50. The summed E-state index contributed by atoms with van der Waals surface area (Å²) in [6, 6.07) is 5.15. The van der Waals surface area contributed by atoms with Crippen molar-refractivity contribution in [1.82, 2.24) is 9.62 Å². The van der Waals surface area contributed by atoms with Crippen molar-refractivity contribution in [1.29, 1.82) is 0 Å². The lowest BCUT2D eigenvalue weighted by Gasteiger charge is -2.32. The second-order valence-corrected chi connectivity index (χ2v) is 8.38. The van der Waals surface area contributed by atoms with E-state index in [1.165, 1.54) is 0 Å². The summed E-state index contributed by atoms with van der Waals surface area (Å²) in [5.74, 6) is 0. The molecule has 0 aromatic heterocycles. The lowest BCUT2D eigenvalue weighted by Crippen LogP contribution is -2.47. The quantitative estimate of drug-likeness (QED) is 0.806. The predicted octanol–water partition coefficient (Wildman–Crippen LogP) is 2.97. The first kappa shape index (κ1) is 16.4. The van der Waals surface area contributed by atoms with Gasteiger partial charge in [-0.25, -0.2) is 13.1 Å². The number of piperidine rings is 1. The van der Waals surface area contributed by atoms with Crippen LogP contribution >= 0.6 is 31.9 Å². The van der Waals surface area contributed by atoms with Crippen LogP contribution in [0.4, 0.5) is 0 Å². The van der Waals surface area contributed by atoms with Gasteiger partial charge in [-0.1, -0.05) is 22.9 Å². The summed E-state index contributed by atoms with van der Waals surface area (Å²) in [5.41, 5.74) is 0. The van der Waals surface area contributed by atoms with Crippen molar-refractivity contribution in [3.8, 4) is 0 Å². The molecule has 1 aliphatic heterocycles. The molecule has 1 unspecified atom stereocenters. The minimum absolute atomic E-state index is 0.0143. The Labute approximate surface area is 137 Å². The maximum absolute atomic E-state index is 12.5. The number of likely N-dealkylation sites (tertiary alicyclic amines) is 1. The fraction of sp³-hybridized carbons (Fsp3) is 0.538. The summed E-state index contributed by atoms with van der Waals surface area (Å²) >= 11 is 6.62. The molecule has 1 aliphatic rings. The van der Waals surface area contributed by atoms with Gasteiger partial charge in [-0.05, 0) is 60.1 Å². The molecule has 112 valence electrons. The molecule has 0 bridgehead atoms. The number of benzene rings is 1. The van der Waals surface area contributed by atoms with Crippen molar-refractivity contribution in [2.75, 3.05) is 19.6 Å². The summed E-state index contributed by atoms with van der Waals surface area (Å²) in [6.07, 6.45) is 1.92. The second kappa shape index (κ2) is 6.87. The Balaban J connectivity index is 2.16. The standard InChI is InChI=1S/C13H18Br2N2O2S/c1-2-17-7-3-4-11(9-17)16-20(18,19)13-8-10(14)5-6-12(13)15/h5-6,8,11,16H,2-4,7,9H2,1H3. The predicted molar refractivity (Wildman–Crippen MR) is 87.3 cm³/mol. The summed E-state index contributed by atoms with van der Waals surface area (Å²) in [4.78, 5) is 2.55. The highest BCUT2D eigenvalue weighted by atomic mass is 79.9. The van der Waals surface area contributed by atoms with Crippen LogP contribution < -0.4 is 4.72 Å². The highest BCUT2D eigenvalue weighted by Gasteiger charge is 2.26. The van der Waals surface area contributed by atoms with Crippen LogP contribution in [0.5, 0.6) is 0 Å². The zero-order valence-corrected chi connectivity index (χ0v) is 15.3. The molecule has 0 spiro atoms. The maximum Gasteiger partial charge on any atom is 0.242 e. The smallest absolute Gasteiger partial charge is 0.242 e. The highest BCUT2D eigenvalue weighted by molar-refractivity contribution is 9.11. The molecule has 0 radical (unpaired) electrons. The molecule has 1 aromatic rings. The number of nitrogens with zero attached hydrogens (tertiary/aromatic N) is 1. The van der Waals surface area contributed by atoms with Gasteiger partial charge in [-0.2, -0.15) is 0 Å². The van der Waals surface area contributed by atoms with Gasteiger partial charge in [0.25, 0.3) is 0 Å². The first-order chi connectivity index (χ1) is 9.42. The van der Waals surface area contributed by atoms with E-state index in [4.69, 9.17) is 0 Å². The number of hydrogen-bond acceptors (Lipinski definition) is 3. The van der Waals surface area contributed by atoms with Crippen LogP contribution in [0.3, 0.4) is 0 Å². The Kier molecular flexibility index (Phi) is 5.64. The van der Waals surface area contributed by atoms with Gasteiger partial charge in [0.2, 0.25) is 10.0 Å². The molecule has 1 saturated heterocycles. The maximum atomic E-state index is 12.5. The molecular formula is C13H18Br2N2O2S. The number of sulfonamides is 1. The van der Waals surface area contributed by atoms with Crippen LogP contribution in [-0.2, 0) is 10.0 Å².